The number of alkyl halides is 2. The van der Waals surface area contributed by atoms with Gasteiger partial charge in [-0.05, 0) is 0 Å². The van der Waals surface area contributed by atoms with E-state index in [-0.39, 0.29) is 23.7 Å². The summed E-state index contributed by atoms with van der Waals surface area (Å²) in [6.07, 6.45) is -0.245. The van der Waals surface area contributed by atoms with Crippen molar-refractivity contribution in [3.05, 3.63) is 0 Å². The molecule has 6 heteroatoms. The van der Waals surface area contributed by atoms with Crippen molar-refractivity contribution in [3.8, 4) is 0 Å². The van der Waals surface area contributed by atoms with E-state index in [0.29, 0.717) is 0 Å². The quantitative estimate of drug-likeness (QED) is 0.627. The monoisotopic (exact) mass is 330 g/mol. The third-order valence-electron chi connectivity index (χ3n) is 2.47. The Bertz CT molecular complexity index is 233. The maximum atomic E-state index is 9.47. The number of hydrogen-bond acceptors (Lipinski definition) is 4. The molecule has 0 spiro atoms. The van der Waals surface area contributed by atoms with Crippen LogP contribution in [0.3, 0.4) is 0 Å². The first-order valence-corrected chi connectivity index (χ1v) is 6.18. The van der Waals surface area contributed by atoms with E-state index < -0.39 is 10.4 Å². The number of fused-ring (bicyclic) bond motifs is 1. The smallest absolute Gasteiger partial charge is 0.193 e. The van der Waals surface area contributed by atoms with Crippen LogP contribution in [-0.2, 0) is 14.2 Å². The number of aliphatic hydroxyl groups is 1. The van der Waals surface area contributed by atoms with Crippen LogP contribution in [0.25, 0.3) is 0 Å². The normalized spacial score (nSPS) is 39.6. The minimum atomic E-state index is -0.643. The largest absolute Gasteiger partial charge is 0.381 e. The lowest BCUT2D eigenvalue weighted by Gasteiger charge is -2.35. The van der Waals surface area contributed by atoms with Crippen LogP contribution in [0.2, 0.25) is 0 Å². The second-order valence-corrected chi connectivity index (χ2v) is 5.78. The van der Waals surface area contributed by atoms with Crippen molar-refractivity contribution in [2.75, 3.05) is 0 Å². The van der Waals surface area contributed by atoms with Gasteiger partial charge in [0.1, 0.15) is 10.0 Å². The van der Waals surface area contributed by atoms with Gasteiger partial charge in [0.25, 0.3) is 0 Å². The lowest BCUT2D eigenvalue weighted by molar-refractivity contribution is -0.223. The fourth-order valence-corrected chi connectivity index (χ4v) is 2.10. The molecule has 0 aromatic carbocycles. The Morgan fingerprint density at radius 2 is 2.00 bits per heavy atom. The summed E-state index contributed by atoms with van der Waals surface area (Å²) in [4.78, 5) is 0. The molecule has 0 saturated carbocycles. The zero-order valence-electron chi connectivity index (χ0n) is 7.81. The van der Waals surface area contributed by atoms with Crippen molar-refractivity contribution in [1.82, 2.24) is 0 Å². The molecule has 0 amide bonds. The van der Waals surface area contributed by atoms with Crippen molar-refractivity contribution < 1.29 is 19.3 Å². The lowest BCUT2D eigenvalue weighted by atomic mass is 9.96. The summed E-state index contributed by atoms with van der Waals surface area (Å²) in [7, 11) is 0. The van der Waals surface area contributed by atoms with Crippen LogP contribution >= 0.6 is 31.9 Å². The first kappa shape index (κ1) is 11.3. The number of halogens is 2. The predicted octanol–water partition coefficient (Wildman–Crippen LogP) is 1.54. The van der Waals surface area contributed by atoms with E-state index in [2.05, 4.69) is 31.9 Å². The number of epoxide rings is 1. The Kier molecular flexibility index (Phi) is 2.96. The first-order chi connectivity index (χ1) is 6.43. The molecule has 0 bridgehead atoms. The average Bonchev–Trinajstić information content (AvgIpc) is 2.71. The molecule has 2 heterocycles. The molecule has 5 unspecified atom stereocenters. The Morgan fingerprint density at radius 1 is 1.36 bits per heavy atom. The fourth-order valence-electron chi connectivity index (χ4n) is 1.04. The summed E-state index contributed by atoms with van der Waals surface area (Å²) in [6, 6.07) is 0. The second kappa shape index (κ2) is 3.68. The third-order valence-corrected chi connectivity index (χ3v) is 5.05. The Labute approximate surface area is 99.2 Å². The molecule has 0 aromatic heterocycles. The molecule has 0 aromatic rings. The summed E-state index contributed by atoms with van der Waals surface area (Å²) >= 11 is 6.50. The van der Waals surface area contributed by atoms with E-state index >= 15 is 0 Å². The summed E-state index contributed by atoms with van der Waals surface area (Å²) in [5.41, 5.74) is -0.441. The van der Waals surface area contributed by atoms with Crippen molar-refractivity contribution in [3.63, 3.8) is 0 Å². The average molecular weight is 332 g/mol. The molecule has 2 aliphatic rings. The van der Waals surface area contributed by atoms with E-state index in [4.69, 9.17) is 14.2 Å². The van der Waals surface area contributed by atoms with Gasteiger partial charge < -0.3 is 19.3 Å². The Morgan fingerprint density at radius 3 is 2.36 bits per heavy atom. The van der Waals surface area contributed by atoms with E-state index in [1.165, 1.54) is 0 Å². The fraction of sp³-hybridized carbons (Fsp3) is 1.00. The molecule has 2 fully saturated rings. The molecule has 0 radical (unpaired) electrons. The number of ether oxygens (including phenoxy) is 3. The van der Waals surface area contributed by atoms with Crippen LogP contribution in [0.5, 0.6) is 0 Å². The lowest BCUT2D eigenvalue weighted by Crippen LogP contribution is -2.43. The third kappa shape index (κ3) is 1.88. The molecule has 0 aliphatic carbocycles. The highest BCUT2D eigenvalue weighted by atomic mass is 79.9. The number of rotatable bonds is 4. The Balaban J connectivity index is 1.84. The highest BCUT2D eigenvalue weighted by molar-refractivity contribution is 9.10. The van der Waals surface area contributed by atoms with Gasteiger partial charge in [0.05, 0.1) is 0 Å². The molecular formula is C8H12Br2O4. The summed E-state index contributed by atoms with van der Waals surface area (Å²) < 4.78 is 15.8. The van der Waals surface area contributed by atoms with E-state index in [1.54, 1.807) is 0 Å². The standard InChI is InChI=1S/C8H12Br2O4/c1-8(2,6(9)11)7(10)14-5-3-4(12-3)13-5/h3-7,11H,1-2H3. The number of hydrogen-bond donors (Lipinski definition) is 1. The Hall–Kier alpha value is 0.800. The zero-order valence-corrected chi connectivity index (χ0v) is 11.0. The van der Waals surface area contributed by atoms with Gasteiger partial charge in [-0.25, -0.2) is 0 Å². The van der Waals surface area contributed by atoms with Gasteiger partial charge in [-0.2, -0.15) is 0 Å². The number of aliphatic hydroxyl groups excluding tert-OH is 1. The molecule has 5 atom stereocenters. The highest BCUT2D eigenvalue weighted by Gasteiger charge is 2.60. The van der Waals surface area contributed by atoms with Gasteiger partial charge >= 0.3 is 0 Å². The van der Waals surface area contributed by atoms with Gasteiger partial charge in [0.2, 0.25) is 0 Å². The van der Waals surface area contributed by atoms with Crippen molar-refractivity contribution in [1.29, 1.82) is 0 Å². The van der Waals surface area contributed by atoms with Gasteiger partial charge in [0, 0.05) is 5.41 Å². The first-order valence-electron chi connectivity index (χ1n) is 4.35. The topological polar surface area (TPSA) is 51.2 Å². The van der Waals surface area contributed by atoms with Crippen LogP contribution in [-0.4, -0.2) is 33.8 Å². The van der Waals surface area contributed by atoms with Crippen molar-refractivity contribution in [2.24, 2.45) is 5.41 Å². The van der Waals surface area contributed by atoms with Gasteiger partial charge in [-0.15, -0.1) is 0 Å². The molecular weight excluding hydrogens is 320 g/mol. The van der Waals surface area contributed by atoms with Crippen LogP contribution in [0, 0.1) is 5.41 Å². The van der Waals surface area contributed by atoms with Crippen LogP contribution in [0.15, 0.2) is 0 Å². The predicted molar refractivity (Wildman–Crippen MR) is 56.0 cm³/mol. The summed E-state index contributed by atoms with van der Waals surface area (Å²) in [5, 5.41) is 8.53. The second-order valence-electron chi connectivity index (χ2n) is 4.08. The minimum Gasteiger partial charge on any atom is -0.381 e. The van der Waals surface area contributed by atoms with Gasteiger partial charge in [-0.1, -0.05) is 45.7 Å². The summed E-state index contributed by atoms with van der Waals surface area (Å²) in [5.74, 6) is 0. The minimum absolute atomic E-state index is 0.0447. The molecule has 1 N–H and O–H groups in total. The summed E-state index contributed by atoms with van der Waals surface area (Å²) in [6.45, 7) is 3.77. The van der Waals surface area contributed by atoms with E-state index in [0.717, 1.165) is 0 Å². The molecule has 2 rings (SSSR count). The molecule has 82 valence electrons. The molecule has 2 aliphatic heterocycles. The van der Waals surface area contributed by atoms with Crippen molar-refractivity contribution >= 4 is 31.9 Å². The van der Waals surface area contributed by atoms with E-state index in [1.807, 2.05) is 13.8 Å². The maximum absolute atomic E-state index is 9.47. The van der Waals surface area contributed by atoms with E-state index in [9.17, 15) is 5.11 Å². The zero-order chi connectivity index (χ0) is 10.5. The van der Waals surface area contributed by atoms with Crippen molar-refractivity contribution in [2.45, 2.75) is 42.6 Å². The van der Waals surface area contributed by atoms with Crippen LogP contribution in [0.4, 0.5) is 0 Å². The molecule has 2 saturated heterocycles. The van der Waals surface area contributed by atoms with Crippen LogP contribution in [0.1, 0.15) is 13.8 Å². The highest BCUT2D eigenvalue weighted by Crippen LogP contribution is 2.44. The van der Waals surface area contributed by atoms with Gasteiger partial charge in [0.15, 0.2) is 18.7 Å². The van der Waals surface area contributed by atoms with Gasteiger partial charge in [-0.3, -0.25) is 0 Å². The SMILES string of the molecule is CC(C)(C(O)Br)C(Br)OC1OC2OC21. The molecule has 4 nitrogen and oxygen atoms in total. The maximum Gasteiger partial charge on any atom is 0.193 e. The van der Waals surface area contributed by atoms with Crippen LogP contribution < -0.4 is 0 Å². The molecule has 14 heavy (non-hydrogen) atoms.